The van der Waals surface area contributed by atoms with Crippen molar-refractivity contribution in [2.45, 2.75) is 26.2 Å². The average molecular weight is 341 g/mol. The molecule has 0 aliphatic carbocycles. The summed E-state index contributed by atoms with van der Waals surface area (Å²) < 4.78 is 0. The summed E-state index contributed by atoms with van der Waals surface area (Å²) in [4.78, 5) is 11.4. The number of aromatic nitrogens is 2. The number of para-hydroxylation sites is 1. The summed E-state index contributed by atoms with van der Waals surface area (Å²) >= 11 is 0. The van der Waals surface area contributed by atoms with Gasteiger partial charge in [-0.1, -0.05) is 62.4 Å². The zero-order valence-electron chi connectivity index (χ0n) is 15.3. The molecule has 0 unspecified atom stereocenters. The number of anilines is 2. The standard InChI is InChI=1S/C23H23N3/c1-17(2)19-10-7-18(8-11-19)9-12-21-13-15-24-23(25-21)26-16-14-20-5-3-4-6-22(20)26/h3-13,15,17H,14,16H2,1-2H3/b12-9+. The second-order valence-electron chi connectivity index (χ2n) is 6.97. The van der Waals surface area contributed by atoms with Crippen LogP contribution >= 0.6 is 0 Å². The zero-order valence-corrected chi connectivity index (χ0v) is 15.3. The molecular formula is C23H23N3. The third-order valence-corrected chi connectivity index (χ3v) is 4.84. The van der Waals surface area contributed by atoms with Gasteiger partial charge in [-0.05, 0) is 47.2 Å². The predicted octanol–water partition coefficient (Wildman–Crippen LogP) is 5.46. The average Bonchev–Trinajstić information content (AvgIpc) is 3.11. The van der Waals surface area contributed by atoms with Crippen LogP contribution in [0.2, 0.25) is 0 Å². The van der Waals surface area contributed by atoms with Crippen LogP contribution < -0.4 is 4.90 Å². The minimum atomic E-state index is 0.556. The maximum absolute atomic E-state index is 4.74. The Labute approximate surface area is 155 Å². The topological polar surface area (TPSA) is 29.0 Å². The monoisotopic (exact) mass is 341 g/mol. The SMILES string of the molecule is CC(C)c1ccc(/C=C/c2ccnc(N3CCc4ccccc43)n2)cc1. The lowest BCUT2D eigenvalue weighted by atomic mass is 10.0. The van der Waals surface area contributed by atoms with Crippen molar-refractivity contribution < 1.29 is 0 Å². The molecule has 0 saturated carbocycles. The molecule has 0 radical (unpaired) electrons. The summed E-state index contributed by atoms with van der Waals surface area (Å²) in [5, 5.41) is 0. The number of benzene rings is 2. The van der Waals surface area contributed by atoms with Gasteiger partial charge in [-0.15, -0.1) is 0 Å². The van der Waals surface area contributed by atoms with E-state index in [4.69, 9.17) is 4.98 Å². The van der Waals surface area contributed by atoms with Gasteiger partial charge in [0.05, 0.1) is 5.69 Å². The smallest absolute Gasteiger partial charge is 0.230 e. The molecule has 3 heteroatoms. The maximum Gasteiger partial charge on any atom is 0.230 e. The number of hydrogen-bond acceptors (Lipinski definition) is 3. The first-order valence-electron chi connectivity index (χ1n) is 9.17. The van der Waals surface area contributed by atoms with Crippen LogP contribution in [0.15, 0.2) is 60.8 Å². The third kappa shape index (κ3) is 3.38. The third-order valence-electron chi connectivity index (χ3n) is 4.84. The van der Waals surface area contributed by atoms with Gasteiger partial charge in [0.25, 0.3) is 0 Å². The lowest BCUT2D eigenvalue weighted by molar-refractivity contribution is 0.866. The van der Waals surface area contributed by atoms with Gasteiger partial charge in [0, 0.05) is 18.4 Å². The molecule has 26 heavy (non-hydrogen) atoms. The fourth-order valence-electron chi connectivity index (χ4n) is 3.30. The first kappa shape index (κ1) is 16.5. The minimum absolute atomic E-state index is 0.556. The van der Waals surface area contributed by atoms with Crippen molar-refractivity contribution in [2.75, 3.05) is 11.4 Å². The summed E-state index contributed by atoms with van der Waals surface area (Å²) in [5.74, 6) is 1.33. The van der Waals surface area contributed by atoms with E-state index < -0.39 is 0 Å². The molecule has 2 aromatic carbocycles. The van der Waals surface area contributed by atoms with Crippen molar-refractivity contribution in [1.29, 1.82) is 0 Å². The number of rotatable bonds is 4. The summed E-state index contributed by atoms with van der Waals surface area (Å²) in [5.41, 5.74) is 6.05. The highest BCUT2D eigenvalue weighted by molar-refractivity contribution is 5.70. The summed E-state index contributed by atoms with van der Waals surface area (Å²) in [6.45, 7) is 5.36. The molecule has 0 fully saturated rings. The van der Waals surface area contributed by atoms with E-state index in [0.29, 0.717) is 5.92 Å². The Morgan fingerprint density at radius 2 is 1.77 bits per heavy atom. The zero-order chi connectivity index (χ0) is 17.9. The van der Waals surface area contributed by atoms with Gasteiger partial charge in [0.2, 0.25) is 5.95 Å². The van der Waals surface area contributed by atoms with Crippen molar-refractivity contribution in [3.8, 4) is 0 Å². The highest BCUT2D eigenvalue weighted by Crippen LogP contribution is 2.32. The predicted molar refractivity (Wildman–Crippen MR) is 109 cm³/mol. The lowest BCUT2D eigenvalue weighted by Crippen LogP contribution is -2.16. The van der Waals surface area contributed by atoms with Gasteiger partial charge < -0.3 is 4.90 Å². The highest BCUT2D eigenvalue weighted by atomic mass is 15.3. The van der Waals surface area contributed by atoms with Crippen molar-refractivity contribution in [3.05, 3.63) is 83.2 Å². The number of hydrogen-bond donors (Lipinski definition) is 0. The molecule has 0 bridgehead atoms. The Kier molecular flexibility index (Phi) is 4.53. The molecule has 2 heterocycles. The molecule has 0 spiro atoms. The van der Waals surface area contributed by atoms with Crippen LogP contribution in [0, 0.1) is 0 Å². The van der Waals surface area contributed by atoms with E-state index in [9.17, 15) is 0 Å². The molecule has 1 aromatic heterocycles. The molecule has 4 rings (SSSR count). The normalized spacial score (nSPS) is 13.6. The molecule has 0 N–H and O–H groups in total. The fraction of sp³-hybridized carbons (Fsp3) is 0.217. The second kappa shape index (κ2) is 7.12. The Balaban J connectivity index is 1.55. The molecular weight excluding hydrogens is 318 g/mol. The molecule has 1 aliphatic heterocycles. The van der Waals surface area contributed by atoms with E-state index >= 15 is 0 Å². The summed E-state index contributed by atoms with van der Waals surface area (Å²) in [6.07, 6.45) is 7.04. The van der Waals surface area contributed by atoms with Gasteiger partial charge in [-0.3, -0.25) is 0 Å². The van der Waals surface area contributed by atoms with Crippen LogP contribution in [-0.2, 0) is 6.42 Å². The first-order chi connectivity index (χ1) is 12.7. The van der Waals surface area contributed by atoms with E-state index in [1.54, 1.807) is 0 Å². The van der Waals surface area contributed by atoms with Crippen LogP contribution in [-0.4, -0.2) is 16.5 Å². The maximum atomic E-state index is 4.74. The Morgan fingerprint density at radius 3 is 2.58 bits per heavy atom. The first-order valence-corrected chi connectivity index (χ1v) is 9.17. The van der Waals surface area contributed by atoms with Crippen LogP contribution in [0.25, 0.3) is 12.2 Å². The molecule has 3 aromatic rings. The molecule has 3 nitrogen and oxygen atoms in total. The van der Waals surface area contributed by atoms with Gasteiger partial charge >= 0.3 is 0 Å². The van der Waals surface area contributed by atoms with E-state index in [-0.39, 0.29) is 0 Å². The van der Waals surface area contributed by atoms with Crippen LogP contribution in [0.3, 0.4) is 0 Å². The Hall–Kier alpha value is -2.94. The quantitative estimate of drug-likeness (QED) is 0.630. The lowest BCUT2D eigenvalue weighted by Gasteiger charge is -2.17. The summed E-state index contributed by atoms with van der Waals surface area (Å²) in [6, 6.07) is 19.1. The minimum Gasteiger partial charge on any atom is -0.310 e. The van der Waals surface area contributed by atoms with Crippen molar-refractivity contribution in [3.63, 3.8) is 0 Å². The summed E-state index contributed by atoms with van der Waals surface area (Å²) in [7, 11) is 0. The van der Waals surface area contributed by atoms with Crippen molar-refractivity contribution in [1.82, 2.24) is 9.97 Å². The largest absolute Gasteiger partial charge is 0.310 e. The molecule has 130 valence electrons. The highest BCUT2D eigenvalue weighted by Gasteiger charge is 2.21. The van der Waals surface area contributed by atoms with E-state index in [1.165, 1.54) is 22.4 Å². The van der Waals surface area contributed by atoms with E-state index in [1.807, 2.05) is 12.3 Å². The van der Waals surface area contributed by atoms with Gasteiger partial charge in [-0.2, -0.15) is 0 Å². The molecule has 0 saturated heterocycles. The van der Waals surface area contributed by atoms with Crippen LogP contribution in [0.5, 0.6) is 0 Å². The van der Waals surface area contributed by atoms with E-state index in [2.05, 4.69) is 84.4 Å². The fourth-order valence-corrected chi connectivity index (χ4v) is 3.30. The molecule has 0 amide bonds. The van der Waals surface area contributed by atoms with Crippen LogP contribution in [0.1, 0.15) is 42.1 Å². The van der Waals surface area contributed by atoms with Crippen molar-refractivity contribution in [2.24, 2.45) is 0 Å². The Bertz CT molecular complexity index is 926. The van der Waals surface area contributed by atoms with Gasteiger partial charge in [0.1, 0.15) is 0 Å². The van der Waals surface area contributed by atoms with Crippen LogP contribution in [0.4, 0.5) is 11.6 Å². The second-order valence-corrected chi connectivity index (χ2v) is 6.97. The molecule has 0 atom stereocenters. The Morgan fingerprint density at radius 1 is 0.962 bits per heavy atom. The molecule has 1 aliphatic rings. The number of fused-ring (bicyclic) bond motifs is 1. The number of nitrogens with zero attached hydrogens (tertiary/aromatic N) is 3. The van der Waals surface area contributed by atoms with Crippen molar-refractivity contribution >= 4 is 23.8 Å². The van der Waals surface area contributed by atoms with Gasteiger partial charge in [0.15, 0.2) is 0 Å². The van der Waals surface area contributed by atoms with E-state index in [0.717, 1.165) is 24.6 Å². The van der Waals surface area contributed by atoms with Gasteiger partial charge in [-0.25, -0.2) is 9.97 Å².